The number of aliphatic hydroxyl groups is 1. The number of nitrogens with zero attached hydrogens (tertiary/aromatic N) is 2. The molecule has 0 heterocycles. The van der Waals surface area contributed by atoms with Crippen LogP contribution in [-0.4, -0.2) is 60.6 Å². The maximum absolute atomic E-state index is 11.5. The Labute approximate surface area is 86.5 Å². The van der Waals surface area contributed by atoms with Gasteiger partial charge in [-0.05, 0) is 19.9 Å². The highest BCUT2D eigenvalue weighted by molar-refractivity contribution is 5.77. The van der Waals surface area contributed by atoms with Crippen molar-refractivity contribution in [1.29, 1.82) is 0 Å². The van der Waals surface area contributed by atoms with Crippen LogP contribution in [0, 0.1) is 0 Å². The first-order valence-electron chi connectivity index (χ1n) is 5.22. The minimum absolute atomic E-state index is 0.146. The van der Waals surface area contributed by atoms with Gasteiger partial charge in [-0.25, -0.2) is 0 Å². The van der Waals surface area contributed by atoms with Crippen molar-refractivity contribution in [3.8, 4) is 0 Å². The molecule has 4 heteroatoms. The Balaban J connectivity index is 3.85. The molecule has 0 atom stereocenters. The van der Waals surface area contributed by atoms with Crippen molar-refractivity contribution in [3.05, 3.63) is 0 Å². The molecule has 4 nitrogen and oxygen atoms in total. The van der Waals surface area contributed by atoms with Gasteiger partial charge in [0.2, 0.25) is 5.91 Å². The largest absolute Gasteiger partial charge is 0.396 e. The molecule has 0 fully saturated rings. The number of carbonyl (C=O) groups excluding carboxylic acids is 1. The van der Waals surface area contributed by atoms with E-state index in [1.807, 2.05) is 25.8 Å². The van der Waals surface area contributed by atoms with Gasteiger partial charge in [-0.15, -0.1) is 0 Å². The van der Waals surface area contributed by atoms with Crippen LogP contribution in [0.4, 0.5) is 0 Å². The lowest BCUT2D eigenvalue weighted by molar-refractivity contribution is -0.130. The normalized spacial score (nSPS) is 10.6. The van der Waals surface area contributed by atoms with Crippen molar-refractivity contribution in [2.75, 3.05) is 39.8 Å². The quantitative estimate of drug-likeness (QED) is 0.640. The summed E-state index contributed by atoms with van der Waals surface area (Å²) in [4.78, 5) is 15.3. The number of rotatable bonds is 7. The lowest BCUT2D eigenvalue weighted by atomic mass is 10.3. The third kappa shape index (κ3) is 5.19. The van der Waals surface area contributed by atoms with Gasteiger partial charge in [-0.2, -0.15) is 0 Å². The molecule has 0 saturated heterocycles. The fourth-order valence-corrected chi connectivity index (χ4v) is 1.13. The van der Waals surface area contributed by atoms with E-state index in [1.54, 1.807) is 4.90 Å². The minimum atomic E-state index is 0.146. The molecule has 1 amide bonds. The first-order valence-corrected chi connectivity index (χ1v) is 5.22. The van der Waals surface area contributed by atoms with Crippen LogP contribution in [0.3, 0.4) is 0 Å². The van der Waals surface area contributed by atoms with Gasteiger partial charge in [0, 0.05) is 26.7 Å². The number of amides is 1. The highest BCUT2D eigenvalue weighted by Gasteiger charge is 2.11. The molecule has 0 spiro atoms. The summed E-state index contributed by atoms with van der Waals surface area (Å²) in [6.45, 7) is 7.02. The zero-order valence-electron chi connectivity index (χ0n) is 9.49. The Bertz CT molecular complexity index is 162. The first-order chi connectivity index (χ1) is 6.65. The number of hydrogen-bond donors (Lipinski definition) is 1. The number of aliphatic hydroxyl groups excluding tert-OH is 1. The van der Waals surface area contributed by atoms with Crippen LogP contribution in [0.2, 0.25) is 0 Å². The summed E-state index contributed by atoms with van der Waals surface area (Å²) in [5.74, 6) is 0.146. The van der Waals surface area contributed by atoms with E-state index in [4.69, 9.17) is 5.11 Å². The van der Waals surface area contributed by atoms with Crippen molar-refractivity contribution in [3.63, 3.8) is 0 Å². The molecule has 14 heavy (non-hydrogen) atoms. The van der Waals surface area contributed by atoms with Crippen molar-refractivity contribution in [1.82, 2.24) is 9.80 Å². The summed E-state index contributed by atoms with van der Waals surface area (Å²) >= 11 is 0. The predicted octanol–water partition coefficient (Wildman–Crippen LogP) is 0.169. The molecular weight excluding hydrogens is 180 g/mol. The zero-order chi connectivity index (χ0) is 11.0. The van der Waals surface area contributed by atoms with Crippen molar-refractivity contribution < 1.29 is 9.90 Å². The molecule has 0 aliphatic heterocycles. The number of hydrogen-bond acceptors (Lipinski definition) is 3. The maximum Gasteiger partial charge on any atom is 0.236 e. The third-order valence-corrected chi connectivity index (χ3v) is 2.34. The van der Waals surface area contributed by atoms with Gasteiger partial charge in [0.05, 0.1) is 6.54 Å². The van der Waals surface area contributed by atoms with Crippen LogP contribution < -0.4 is 0 Å². The Morgan fingerprint density at radius 2 is 1.93 bits per heavy atom. The Hall–Kier alpha value is -0.610. The van der Waals surface area contributed by atoms with Gasteiger partial charge in [0.25, 0.3) is 0 Å². The lowest BCUT2D eigenvalue weighted by Gasteiger charge is -2.22. The maximum atomic E-state index is 11.5. The molecule has 1 N–H and O–H groups in total. The molecule has 0 aromatic rings. The zero-order valence-corrected chi connectivity index (χ0v) is 9.49. The topological polar surface area (TPSA) is 43.8 Å². The summed E-state index contributed by atoms with van der Waals surface area (Å²) < 4.78 is 0. The molecule has 0 radical (unpaired) electrons. The van der Waals surface area contributed by atoms with Gasteiger partial charge in [-0.3, -0.25) is 9.69 Å². The predicted molar refractivity (Wildman–Crippen MR) is 57.1 cm³/mol. The van der Waals surface area contributed by atoms with Crippen LogP contribution in [0.1, 0.15) is 20.3 Å². The highest BCUT2D eigenvalue weighted by Crippen LogP contribution is 1.93. The molecular formula is C10H22N2O2. The number of likely N-dealkylation sites (N-methyl/N-ethyl adjacent to an activating group) is 2. The van der Waals surface area contributed by atoms with E-state index in [2.05, 4.69) is 0 Å². The minimum Gasteiger partial charge on any atom is -0.396 e. The van der Waals surface area contributed by atoms with Crippen LogP contribution in [-0.2, 0) is 4.79 Å². The monoisotopic (exact) mass is 202 g/mol. The van der Waals surface area contributed by atoms with Crippen LogP contribution in [0.15, 0.2) is 0 Å². The second-order valence-electron chi connectivity index (χ2n) is 3.35. The molecule has 84 valence electrons. The second-order valence-corrected chi connectivity index (χ2v) is 3.35. The van der Waals surface area contributed by atoms with E-state index in [0.29, 0.717) is 6.54 Å². The average Bonchev–Trinajstić information content (AvgIpc) is 2.22. The van der Waals surface area contributed by atoms with Gasteiger partial charge in [-0.1, -0.05) is 6.92 Å². The molecule has 0 bridgehead atoms. The Morgan fingerprint density at radius 3 is 2.36 bits per heavy atom. The van der Waals surface area contributed by atoms with Gasteiger partial charge in [0.15, 0.2) is 0 Å². The lowest BCUT2D eigenvalue weighted by Crippen LogP contribution is -2.38. The fourth-order valence-electron chi connectivity index (χ4n) is 1.13. The van der Waals surface area contributed by atoms with E-state index < -0.39 is 0 Å². The average molecular weight is 202 g/mol. The molecule has 0 aromatic heterocycles. The van der Waals surface area contributed by atoms with Crippen molar-refractivity contribution in [2.24, 2.45) is 0 Å². The summed E-state index contributed by atoms with van der Waals surface area (Å²) in [5, 5.41) is 8.68. The highest BCUT2D eigenvalue weighted by atomic mass is 16.3. The number of carbonyl (C=O) groups is 1. The second kappa shape index (κ2) is 7.76. The molecule has 0 saturated carbocycles. The summed E-state index contributed by atoms with van der Waals surface area (Å²) in [6.07, 6.45) is 0.733. The van der Waals surface area contributed by atoms with Gasteiger partial charge >= 0.3 is 0 Å². The fraction of sp³-hybridized carbons (Fsp3) is 0.900. The smallest absolute Gasteiger partial charge is 0.236 e. The Kier molecular flexibility index (Phi) is 7.42. The van der Waals surface area contributed by atoms with Crippen molar-refractivity contribution in [2.45, 2.75) is 20.3 Å². The first kappa shape index (κ1) is 13.4. The van der Waals surface area contributed by atoms with Crippen LogP contribution in [0.25, 0.3) is 0 Å². The van der Waals surface area contributed by atoms with E-state index >= 15 is 0 Å². The van der Waals surface area contributed by atoms with Gasteiger partial charge in [0.1, 0.15) is 0 Å². The Morgan fingerprint density at radius 1 is 1.29 bits per heavy atom. The molecule has 0 rings (SSSR count). The molecule has 0 unspecified atom stereocenters. The summed E-state index contributed by atoms with van der Waals surface area (Å²) in [5.41, 5.74) is 0. The SMILES string of the molecule is CCN(CCCO)CC(=O)N(C)CC. The van der Waals surface area contributed by atoms with E-state index in [-0.39, 0.29) is 12.5 Å². The third-order valence-electron chi connectivity index (χ3n) is 2.34. The molecule has 0 aliphatic carbocycles. The molecule has 0 aromatic carbocycles. The van der Waals surface area contributed by atoms with Crippen LogP contribution >= 0.6 is 0 Å². The molecule has 0 aliphatic rings. The van der Waals surface area contributed by atoms with E-state index in [0.717, 1.165) is 26.1 Å². The summed E-state index contributed by atoms with van der Waals surface area (Å²) in [7, 11) is 1.81. The summed E-state index contributed by atoms with van der Waals surface area (Å²) in [6, 6.07) is 0. The standard InChI is InChI=1S/C10H22N2O2/c1-4-11(3)10(14)9-12(5-2)7-6-8-13/h13H,4-9H2,1-3H3. The van der Waals surface area contributed by atoms with Gasteiger partial charge < -0.3 is 10.0 Å². The van der Waals surface area contributed by atoms with Crippen molar-refractivity contribution >= 4 is 5.91 Å². The van der Waals surface area contributed by atoms with E-state index in [9.17, 15) is 4.79 Å². The van der Waals surface area contributed by atoms with E-state index in [1.165, 1.54) is 0 Å². The van der Waals surface area contributed by atoms with Crippen LogP contribution in [0.5, 0.6) is 0 Å².